The van der Waals surface area contributed by atoms with Crippen molar-refractivity contribution in [3.8, 4) is 0 Å². The number of hydrogen-bond donors (Lipinski definition) is 1. The number of carbonyl (C=O) groups excluding carboxylic acids is 1. The van der Waals surface area contributed by atoms with Gasteiger partial charge in [-0.3, -0.25) is 9.78 Å². The Morgan fingerprint density at radius 1 is 0.958 bits per heavy atom. The Bertz CT molecular complexity index is 783. The van der Waals surface area contributed by atoms with Crippen molar-refractivity contribution in [3.63, 3.8) is 0 Å². The first-order valence-electron chi connectivity index (χ1n) is 8.05. The molecule has 24 heavy (non-hydrogen) atoms. The smallest absolute Gasteiger partial charge is 0.232 e. The first kappa shape index (κ1) is 15.9. The van der Waals surface area contributed by atoms with E-state index in [1.54, 1.807) is 6.20 Å². The Morgan fingerprint density at radius 3 is 2.33 bits per heavy atom. The molecule has 3 heteroatoms. The van der Waals surface area contributed by atoms with Gasteiger partial charge in [-0.2, -0.15) is 0 Å². The molecular formula is C21H20N2O. The minimum atomic E-state index is -0.276. The van der Waals surface area contributed by atoms with E-state index in [1.807, 2.05) is 79.7 Å². The molecule has 120 valence electrons. The van der Waals surface area contributed by atoms with Gasteiger partial charge in [0.15, 0.2) is 0 Å². The molecule has 1 unspecified atom stereocenters. The number of benzene rings is 2. The lowest BCUT2D eigenvalue weighted by atomic mass is 9.93. The first-order valence-corrected chi connectivity index (χ1v) is 8.05. The van der Waals surface area contributed by atoms with Crippen molar-refractivity contribution in [1.82, 2.24) is 4.98 Å². The van der Waals surface area contributed by atoms with E-state index >= 15 is 0 Å². The molecule has 0 aliphatic carbocycles. The van der Waals surface area contributed by atoms with Crippen molar-refractivity contribution in [2.24, 2.45) is 0 Å². The van der Waals surface area contributed by atoms with Gasteiger partial charge in [0.1, 0.15) is 0 Å². The molecule has 1 heterocycles. The van der Waals surface area contributed by atoms with Crippen LogP contribution in [0.1, 0.15) is 22.7 Å². The molecule has 0 aliphatic rings. The summed E-state index contributed by atoms with van der Waals surface area (Å²) in [4.78, 5) is 17.2. The SMILES string of the molecule is Cc1ccc(NC(=O)C(Cc2ccccn2)c2ccccc2)cc1. The molecule has 0 radical (unpaired) electrons. The highest BCUT2D eigenvalue weighted by Gasteiger charge is 2.21. The van der Waals surface area contributed by atoms with Gasteiger partial charge in [-0.15, -0.1) is 0 Å². The lowest BCUT2D eigenvalue weighted by Crippen LogP contribution is -2.23. The van der Waals surface area contributed by atoms with Crippen LogP contribution in [-0.2, 0) is 11.2 Å². The summed E-state index contributed by atoms with van der Waals surface area (Å²) in [6.07, 6.45) is 2.33. The molecule has 1 N–H and O–H groups in total. The number of carbonyl (C=O) groups is 1. The van der Waals surface area contributed by atoms with Crippen LogP contribution in [0.3, 0.4) is 0 Å². The summed E-state index contributed by atoms with van der Waals surface area (Å²) in [5.74, 6) is -0.293. The molecule has 3 rings (SSSR count). The van der Waals surface area contributed by atoms with E-state index in [2.05, 4.69) is 10.3 Å². The molecule has 0 saturated heterocycles. The Balaban J connectivity index is 1.83. The molecule has 1 atom stereocenters. The minimum Gasteiger partial charge on any atom is -0.326 e. The van der Waals surface area contributed by atoms with Gasteiger partial charge in [-0.1, -0.05) is 54.1 Å². The van der Waals surface area contributed by atoms with Gasteiger partial charge >= 0.3 is 0 Å². The summed E-state index contributed by atoms with van der Waals surface area (Å²) in [5, 5.41) is 3.02. The van der Waals surface area contributed by atoms with E-state index in [4.69, 9.17) is 0 Å². The van der Waals surface area contributed by atoms with Gasteiger partial charge in [0, 0.05) is 24.0 Å². The van der Waals surface area contributed by atoms with Gasteiger partial charge in [-0.25, -0.2) is 0 Å². The zero-order valence-electron chi connectivity index (χ0n) is 13.6. The van der Waals surface area contributed by atoms with E-state index in [0.29, 0.717) is 6.42 Å². The van der Waals surface area contributed by atoms with Gasteiger partial charge in [-0.05, 0) is 36.8 Å². The highest BCUT2D eigenvalue weighted by atomic mass is 16.1. The molecule has 1 amide bonds. The van der Waals surface area contributed by atoms with Crippen LogP contribution in [0.2, 0.25) is 0 Å². The quantitative estimate of drug-likeness (QED) is 0.760. The molecule has 0 aliphatic heterocycles. The van der Waals surface area contributed by atoms with Crippen molar-refractivity contribution < 1.29 is 4.79 Å². The summed E-state index contributed by atoms with van der Waals surface area (Å²) in [6.45, 7) is 2.03. The summed E-state index contributed by atoms with van der Waals surface area (Å²) in [7, 11) is 0. The van der Waals surface area contributed by atoms with E-state index in [1.165, 1.54) is 5.56 Å². The third-order valence-corrected chi connectivity index (χ3v) is 3.98. The highest BCUT2D eigenvalue weighted by molar-refractivity contribution is 5.96. The standard InChI is InChI=1S/C21H20N2O/c1-16-10-12-18(13-11-16)23-21(24)20(17-7-3-2-4-8-17)15-19-9-5-6-14-22-19/h2-14,20H,15H2,1H3,(H,23,24). The number of nitrogens with one attached hydrogen (secondary N) is 1. The number of nitrogens with zero attached hydrogens (tertiary/aromatic N) is 1. The van der Waals surface area contributed by atoms with Crippen molar-refractivity contribution >= 4 is 11.6 Å². The predicted octanol–water partition coefficient (Wildman–Crippen LogP) is 4.36. The molecule has 0 saturated carbocycles. The van der Waals surface area contributed by atoms with Crippen LogP contribution in [0.15, 0.2) is 79.0 Å². The number of rotatable bonds is 5. The summed E-state index contributed by atoms with van der Waals surface area (Å²) < 4.78 is 0. The molecule has 0 fully saturated rings. The highest BCUT2D eigenvalue weighted by Crippen LogP contribution is 2.22. The van der Waals surface area contributed by atoms with Gasteiger partial charge in [0.2, 0.25) is 5.91 Å². The monoisotopic (exact) mass is 316 g/mol. The van der Waals surface area contributed by atoms with E-state index in [9.17, 15) is 4.79 Å². The lowest BCUT2D eigenvalue weighted by Gasteiger charge is -2.17. The maximum absolute atomic E-state index is 12.9. The number of aryl methyl sites for hydroxylation is 1. The fraction of sp³-hybridized carbons (Fsp3) is 0.143. The van der Waals surface area contributed by atoms with Crippen molar-refractivity contribution in [1.29, 1.82) is 0 Å². The number of hydrogen-bond acceptors (Lipinski definition) is 2. The number of anilines is 1. The lowest BCUT2D eigenvalue weighted by molar-refractivity contribution is -0.117. The number of pyridine rings is 1. The van der Waals surface area contributed by atoms with Crippen LogP contribution < -0.4 is 5.32 Å². The van der Waals surface area contributed by atoms with E-state index < -0.39 is 0 Å². The van der Waals surface area contributed by atoms with Gasteiger partial charge in [0.05, 0.1) is 5.92 Å². The second kappa shape index (κ2) is 7.55. The molecule has 0 spiro atoms. The van der Waals surface area contributed by atoms with Crippen LogP contribution in [0.25, 0.3) is 0 Å². The zero-order chi connectivity index (χ0) is 16.8. The normalized spacial score (nSPS) is 11.7. The summed E-state index contributed by atoms with van der Waals surface area (Å²) >= 11 is 0. The maximum atomic E-state index is 12.9. The van der Waals surface area contributed by atoms with Crippen LogP contribution >= 0.6 is 0 Å². The topological polar surface area (TPSA) is 42.0 Å². The Labute approximate surface area is 142 Å². The fourth-order valence-corrected chi connectivity index (χ4v) is 2.64. The van der Waals surface area contributed by atoms with Crippen LogP contribution in [-0.4, -0.2) is 10.9 Å². The van der Waals surface area contributed by atoms with E-state index in [0.717, 1.165) is 16.9 Å². The third-order valence-electron chi connectivity index (χ3n) is 3.98. The Kier molecular flexibility index (Phi) is 5.02. The number of aromatic nitrogens is 1. The molecule has 0 bridgehead atoms. The molecule has 3 nitrogen and oxygen atoms in total. The van der Waals surface area contributed by atoms with Crippen LogP contribution in [0, 0.1) is 6.92 Å². The number of amides is 1. The second-order valence-electron chi connectivity index (χ2n) is 5.84. The predicted molar refractivity (Wildman–Crippen MR) is 96.9 cm³/mol. The molecular weight excluding hydrogens is 296 g/mol. The fourth-order valence-electron chi connectivity index (χ4n) is 2.64. The van der Waals surface area contributed by atoms with Crippen molar-refractivity contribution in [2.45, 2.75) is 19.3 Å². The van der Waals surface area contributed by atoms with Crippen molar-refractivity contribution in [3.05, 3.63) is 95.8 Å². The average molecular weight is 316 g/mol. The molecule has 2 aromatic carbocycles. The molecule has 3 aromatic rings. The average Bonchev–Trinajstić information content (AvgIpc) is 2.63. The molecule has 1 aromatic heterocycles. The second-order valence-corrected chi connectivity index (χ2v) is 5.84. The Hall–Kier alpha value is -2.94. The first-order chi connectivity index (χ1) is 11.7. The van der Waals surface area contributed by atoms with Crippen molar-refractivity contribution in [2.75, 3.05) is 5.32 Å². The van der Waals surface area contributed by atoms with Crippen LogP contribution in [0.4, 0.5) is 5.69 Å². The minimum absolute atomic E-state index is 0.0179. The third kappa shape index (κ3) is 4.07. The summed E-state index contributed by atoms with van der Waals surface area (Å²) in [6, 6.07) is 23.5. The van der Waals surface area contributed by atoms with Gasteiger partial charge < -0.3 is 5.32 Å². The van der Waals surface area contributed by atoms with Gasteiger partial charge in [0.25, 0.3) is 0 Å². The van der Waals surface area contributed by atoms with E-state index in [-0.39, 0.29) is 11.8 Å². The summed E-state index contributed by atoms with van der Waals surface area (Å²) in [5.41, 5.74) is 3.88. The Morgan fingerprint density at radius 2 is 1.67 bits per heavy atom. The largest absolute Gasteiger partial charge is 0.326 e. The van der Waals surface area contributed by atoms with Crippen LogP contribution in [0.5, 0.6) is 0 Å². The zero-order valence-corrected chi connectivity index (χ0v) is 13.6. The maximum Gasteiger partial charge on any atom is 0.232 e.